The van der Waals surface area contributed by atoms with Gasteiger partial charge in [0.15, 0.2) is 0 Å². The highest BCUT2D eigenvalue weighted by molar-refractivity contribution is 4.95. The summed E-state index contributed by atoms with van der Waals surface area (Å²) in [6.45, 7) is 3.64. The highest BCUT2D eigenvalue weighted by atomic mass is 19.3. The summed E-state index contributed by atoms with van der Waals surface area (Å²) >= 11 is 0. The maximum Gasteiger partial charge on any atom is 0.300 e. The molecule has 8 heteroatoms. The molecule has 0 bridgehead atoms. The van der Waals surface area contributed by atoms with Gasteiger partial charge in [0, 0.05) is 25.7 Å². The van der Waals surface area contributed by atoms with Crippen LogP contribution in [0.5, 0.6) is 0 Å². The van der Waals surface area contributed by atoms with Gasteiger partial charge in [-0.05, 0) is 7.05 Å². The van der Waals surface area contributed by atoms with Gasteiger partial charge in [-0.1, -0.05) is 5.16 Å². The zero-order valence-electron chi connectivity index (χ0n) is 10.6. The number of halogens is 2. The van der Waals surface area contributed by atoms with E-state index in [0.29, 0.717) is 12.6 Å². The normalized spacial score (nSPS) is 29.1. The number of likely N-dealkylation sites (N-methyl/N-ethyl adjacent to an activating group) is 1. The van der Waals surface area contributed by atoms with Crippen LogP contribution in [-0.2, 0) is 11.3 Å². The van der Waals surface area contributed by atoms with Crippen molar-refractivity contribution in [1.82, 2.24) is 19.9 Å². The van der Waals surface area contributed by atoms with Gasteiger partial charge < -0.3 is 9.26 Å². The average molecular weight is 274 g/mol. The van der Waals surface area contributed by atoms with Gasteiger partial charge in [0.1, 0.15) is 0 Å². The Bertz CT molecular complexity index is 442. The summed E-state index contributed by atoms with van der Waals surface area (Å²) in [5.41, 5.74) is 0. The number of hydrogen-bond acceptors (Lipinski definition) is 6. The SMILES string of the molecule is CN1CCO[C@@H]2CN(Cc3nc(C(F)F)no3)C[C@@H]21. The summed E-state index contributed by atoms with van der Waals surface area (Å²) < 4.78 is 35.3. The largest absolute Gasteiger partial charge is 0.374 e. The first-order valence-corrected chi connectivity index (χ1v) is 6.28. The van der Waals surface area contributed by atoms with E-state index in [1.165, 1.54) is 0 Å². The quantitative estimate of drug-likeness (QED) is 0.801. The predicted octanol–water partition coefficient (Wildman–Crippen LogP) is 0.522. The minimum atomic E-state index is -2.69. The van der Waals surface area contributed by atoms with E-state index in [9.17, 15) is 8.78 Å². The predicted molar refractivity (Wildman–Crippen MR) is 60.7 cm³/mol. The third kappa shape index (κ3) is 2.60. The number of likely N-dealkylation sites (tertiary alicyclic amines) is 1. The van der Waals surface area contributed by atoms with Crippen molar-refractivity contribution in [2.75, 3.05) is 33.3 Å². The zero-order valence-corrected chi connectivity index (χ0v) is 10.6. The van der Waals surface area contributed by atoms with Crippen molar-refractivity contribution in [2.24, 2.45) is 0 Å². The summed E-state index contributed by atoms with van der Waals surface area (Å²) in [6.07, 6.45) is -2.51. The molecule has 2 atom stereocenters. The second kappa shape index (κ2) is 5.10. The number of morpholine rings is 1. The van der Waals surface area contributed by atoms with E-state index in [-0.39, 0.29) is 12.0 Å². The van der Waals surface area contributed by atoms with E-state index >= 15 is 0 Å². The zero-order chi connectivity index (χ0) is 13.4. The van der Waals surface area contributed by atoms with Crippen LogP contribution in [-0.4, -0.2) is 65.4 Å². The Morgan fingerprint density at radius 1 is 1.42 bits per heavy atom. The van der Waals surface area contributed by atoms with Gasteiger partial charge in [-0.25, -0.2) is 8.78 Å². The highest BCUT2D eigenvalue weighted by Gasteiger charge is 2.38. The number of alkyl halides is 2. The molecule has 0 saturated carbocycles. The summed E-state index contributed by atoms with van der Waals surface area (Å²) in [4.78, 5) is 8.05. The summed E-state index contributed by atoms with van der Waals surface area (Å²) in [6, 6.07) is 0.353. The molecule has 6 nitrogen and oxygen atoms in total. The molecule has 2 aliphatic heterocycles. The minimum Gasteiger partial charge on any atom is -0.374 e. The van der Waals surface area contributed by atoms with Crippen molar-refractivity contribution in [3.63, 3.8) is 0 Å². The number of rotatable bonds is 3. The first-order valence-electron chi connectivity index (χ1n) is 6.28. The molecular formula is C11H16F2N4O2. The van der Waals surface area contributed by atoms with E-state index in [1.54, 1.807) is 0 Å². The van der Waals surface area contributed by atoms with E-state index < -0.39 is 12.2 Å². The van der Waals surface area contributed by atoms with Crippen molar-refractivity contribution in [1.29, 1.82) is 0 Å². The summed E-state index contributed by atoms with van der Waals surface area (Å²) in [7, 11) is 2.07. The van der Waals surface area contributed by atoms with Gasteiger partial charge in [-0.2, -0.15) is 4.98 Å². The molecule has 2 fully saturated rings. The Morgan fingerprint density at radius 3 is 2.95 bits per heavy atom. The van der Waals surface area contributed by atoms with Crippen molar-refractivity contribution in [3.05, 3.63) is 11.7 Å². The van der Waals surface area contributed by atoms with Crippen LogP contribution >= 0.6 is 0 Å². The van der Waals surface area contributed by atoms with Crippen LogP contribution in [0.25, 0.3) is 0 Å². The molecule has 0 radical (unpaired) electrons. The molecule has 1 aromatic heterocycles. The molecule has 3 heterocycles. The topological polar surface area (TPSA) is 54.6 Å². The van der Waals surface area contributed by atoms with Crippen LogP contribution in [0, 0.1) is 0 Å². The molecular weight excluding hydrogens is 258 g/mol. The summed E-state index contributed by atoms with van der Waals surface area (Å²) in [5.74, 6) is -0.309. The number of aromatic nitrogens is 2. The molecule has 2 aliphatic rings. The maximum absolute atomic E-state index is 12.4. The van der Waals surface area contributed by atoms with Crippen LogP contribution < -0.4 is 0 Å². The van der Waals surface area contributed by atoms with Gasteiger partial charge in [0.05, 0.1) is 19.3 Å². The molecule has 0 aliphatic carbocycles. The number of hydrogen-bond donors (Lipinski definition) is 0. The first kappa shape index (κ1) is 12.9. The molecule has 2 saturated heterocycles. The van der Waals surface area contributed by atoms with Crippen LogP contribution in [0.4, 0.5) is 8.78 Å². The second-order valence-electron chi connectivity index (χ2n) is 5.00. The first-order chi connectivity index (χ1) is 9.13. The Labute approximate surface area is 109 Å². The minimum absolute atomic E-state index is 0.177. The van der Waals surface area contributed by atoms with E-state index in [1.807, 2.05) is 0 Å². The van der Waals surface area contributed by atoms with Gasteiger partial charge in [0.25, 0.3) is 0 Å². The standard InChI is InChI=1S/C11H16F2N4O2/c1-16-2-3-18-8-5-17(4-7(8)16)6-9-14-11(10(12)13)15-19-9/h7-8,10H,2-6H2,1H3/t7-,8+/m0/s1. The third-order valence-corrected chi connectivity index (χ3v) is 3.69. The van der Waals surface area contributed by atoms with E-state index in [2.05, 4.69) is 27.0 Å². The lowest BCUT2D eigenvalue weighted by Crippen LogP contribution is -2.48. The van der Waals surface area contributed by atoms with Gasteiger partial charge in [-0.15, -0.1) is 0 Å². The molecule has 0 N–H and O–H groups in total. The van der Waals surface area contributed by atoms with Gasteiger partial charge >= 0.3 is 6.43 Å². The molecule has 3 rings (SSSR count). The van der Waals surface area contributed by atoms with Crippen LogP contribution in [0.1, 0.15) is 18.1 Å². The van der Waals surface area contributed by atoms with Crippen molar-refractivity contribution >= 4 is 0 Å². The maximum atomic E-state index is 12.4. The molecule has 0 spiro atoms. The van der Waals surface area contributed by atoms with E-state index in [0.717, 1.165) is 26.2 Å². The van der Waals surface area contributed by atoms with Crippen molar-refractivity contribution < 1.29 is 18.0 Å². The van der Waals surface area contributed by atoms with Crippen LogP contribution in [0.2, 0.25) is 0 Å². The fraction of sp³-hybridized carbons (Fsp3) is 0.818. The van der Waals surface area contributed by atoms with Gasteiger partial charge in [0.2, 0.25) is 11.7 Å². The van der Waals surface area contributed by atoms with Crippen LogP contribution in [0.15, 0.2) is 4.52 Å². The number of fused-ring (bicyclic) bond motifs is 1. The summed E-state index contributed by atoms with van der Waals surface area (Å²) in [5, 5.41) is 3.26. The molecule has 0 unspecified atom stereocenters. The Kier molecular flexibility index (Phi) is 3.46. The smallest absolute Gasteiger partial charge is 0.300 e. The van der Waals surface area contributed by atoms with Crippen molar-refractivity contribution in [3.8, 4) is 0 Å². The second-order valence-corrected chi connectivity index (χ2v) is 5.00. The van der Waals surface area contributed by atoms with E-state index in [4.69, 9.17) is 9.26 Å². The Morgan fingerprint density at radius 2 is 2.26 bits per heavy atom. The lowest BCUT2D eigenvalue weighted by atomic mass is 10.1. The fourth-order valence-electron chi connectivity index (χ4n) is 2.67. The third-order valence-electron chi connectivity index (χ3n) is 3.69. The lowest BCUT2D eigenvalue weighted by Gasteiger charge is -2.33. The Balaban J connectivity index is 1.61. The highest BCUT2D eigenvalue weighted by Crippen LogP contribution is 2.23. The molecule has 19 heavy (non-hydrogen) atoms. The number of nitrogens with zero attached hydrogens (tertiary/aromatic N) is 4. The van der Waals surface area contributed by atoms with Crippen molar-refractivity contribution in [2.45, 2.75) is 25.1 Å². The lowest BCUT2D eigenvalue weighted by molar-refractivity contribution is -0.0370. The Hall–Kier alpha value is -1.12. The molecule has 0 aromatic carbocycles. The monoisotopic (exact) mass is 274 g/mol. The van der Waals surface area contributed by atoms with Gasteiger partial charge in [-0.3, -0.25) is 9.80 Å². The molecule has 106 valence electrons. The molecule has 1 aromatic rings. The number of ether oxygens (including phenoxy) is 1. The molecule has 0 amide bonds. The fourth-order valence-corrected chi connectivity index (χ4v) is 2.67. The average Bonchev–Trinajstić information content (AvgIpc) is 2.96. The van der Waals surface area contributed by atoms with Crippen LogP contribution in [0.3, 0.4) is 0 Å².